The molecule has 13 aromatic heterocycles. The number of carbonyl (C=O) groups excluding carboxylic acids is 5. The third kappa shape index (κ3) is 30.5. The predicted octanol–water partition coefficient (Wildman–Crippen LogP) is 14.6. The van der Waals surface area contributed by atoms with Gasteiger partial charge in [0.15, 0.2) is 38.5 Å². The minimum atomic E-state index is -0.535. The number of nitrogens with one attached hydrogen (secondary N) is 2. The number of aromatic amines is 1. The molecule has 0 aliphatic carbocycles. The number of ether oxygens (including phenoxy) is 6. The van der Waals surface area contributed by atoms with Crippen LogP contribution in [0.5, 0.6) is 0 Å². The summed E-state index contributed by atoms with van der Waals surface area (Å²) in [5.74, 6) is 1.89. The van der Waals surface area contributed by atoms with Gasteiger partial charge in [-0.05, 0) is 163 Å². The van der Waals surface area contributed by atoms with Gasteiger partial charge in [-0.1, -0.05) is 60.3 Å². The van der Waals surface area contributed by atoms with E-state index in [1.165, 1.54) is 18.2 Å². The van der Waals surface area contributed by atoms with Crippen molar-refractivity contribution in [3.63, 3.8) is 0 Å². The normalized spacial score (nSPS) is 17.5. The summed E-state index contributed by atoms with van der Waals surface area (Å²) in [7, 11) is 0. The van der Waals surface area contributed by atoms with Crippen LogP contribution in [0.2, 0.25) is 26.2 Å². The molecule has 794 valence electrons. The number of anilines is 5. The number of hydrogen-bond donors (Lipinski definition) is 6. The number of nitrogen functional groups attached to an aromatic ring is 3. The van der Waals surface area contributed by atoms with Crippen molar-refractivity contribution in [2.45, 2.75) is 212 Å². The Hall–Kier alpha value is -12.7. The summed E-state index contributed by atoms with van der Waals surface area (Å²) >= 11 is 29.3. The van der Waals surface area contributed by atoms with Crippen molar-refractivity contribution in [1.29, 1.82) is 0 Å². The predicted molar refractivity (Wildman–Crippen MR) is 562 cm³/mol. The molecule has 0 spiro atoms. The van der Waals surface area contributed by atoms with Crippen LogP contribution in [0.4, 0.5) is 48.9 Å². The number of H-pyrrole nitrogens is 1. The molecule has 7 saturated heterocycles. The van der Waals surface area contributed by atoms with Crippen molar-refractivity contribution in [3.05, 3.63) is 95.0 Å². The maximum atomic E-state index is 12.6. The zero-order valence-electron chi connectivity index (χ0n) is 79.9. The fraction of sp³-hybridized carbons (Fsp3) is 0.543. The second-order valence-electron chi connectivity index (χ2n) is 37.1. The molecule has 4 amide bonds. The van der Waals surface area contributed by atoms with E-state index < -0.39 is 22.4 Å². The molecule has 0 radical (unpaired) electrons. The molecule has 7 aliphatic rings. The van der Waals surface area contributed by atoms with E-state index in [1.54, 1.807) is 70.9 Å². The van der Waals surface area contributed by atoms with E-state index in [0.717, 1.165) is 80.6 Å². The van der Waals surface area contributed by atoms with E-state index in [1.807, 2.05) is 103 Å². The third-order valence-electron chi connectivity index (χ3n) is 22.1. The van der Waals surface area contributed by atoms with Crippen LogP contribution in [-0.2, 0) is 33.2 Å². The lowest BCUT2D eigenvalue weighted by molar-refractivity contribution is -0.106. The number of aromatic nitrogens is 26. The van der Waals surface area contributed by atoms with Gasteiger partial charge in [-0.3, -0.25) is 0 Å². The number of imidazole rings is 5. The highest BCUT2D eigenvalue weighted by molar-refractivity contribution is 6.35. The summed E-state index contributed by atoms with van der Waals surface area (Å²) in [5, 5.41) is 13.4. The van der Waals surface area contributed by atoms with Gasteiger partial charge in [0.25, 0.3) is 0 Å². The Morgan fingerprint density at radius 1 is 0.404 bits per heavy atom. The van der Waals surface area contributed by atoms with E-state index in [9.17, 15) is 24.3 Å². The number of β-amino-alcohol motifs (C(OH)–C–C–N with tert-alkyl or cyclic N) is 1. The number of morpholine rings is 2. The lowest BCUT2D eigenvalue weighted by Crippen LogP contribution is -2.37. The van der Waals surface area contributed by atoms with E-state index in [0.29, 0.717) is 183 Å². The maximum absolute atomic E-state index is 12.6. The van der Waals surface area contributed by atoms with Gasteiger partial charge in [0.05, 0.1) is 88.3 Å². The number of likely N-dealkylation sites (tertiary alicyclic amines) is 4. The van der Waals surface area contributed by atoms with E-state index >= 15 is 0 Å². The molecule has 7 aliphatic heterocycles. The number of fused-ring (bicyclic) bond motifs is 5. The minimum absolute atomic E-state index is 0. The standard InChI is InChI=1S/C22H29N9O3.C18H21ClN8O2.C17H21N9O.C14H17Cl2N5O2.C9H17NO3.C5H2Cl2N4.C2H4O.5CH4.ClH/c1-22(2,3)34-21(32)30-5-4-15(12-30)31-13-26-17-16(14-10-24-19(23)25-11-14)27-20(28-18(17)31)29-6-8-33-9-7-29;1-18(2,3)29-17(28)26-5-4-11(8-26)27-9-23-13-12(24-15(19)25-14(13)27)10-6-21-16(20)22-7-10;18-16-20-7-11(8-21-16)13-14-15(26(10-22-14)12-1-2-19-9-12)24-17(23-13)25-3-5-27-6-4-25;1-14(2,3)23-13(22)20-5-4-8(6-20)21-7-17-9-10(15)18-12(16)19-11(9)21;1-9(2,3)13-8(12)10-5-4-7(11)6-10;6-3-2-4(9-1-8-2)11-5(7)10-3;1-2-3;;;;;;/h10-11,13,15H,4-9,12H2,1-3H3,(H2,23,24,25);6-7,9,11H,4-5,8H2,1-3H3,(H2,20,21,22);7-8,10,12,19H,1-6,9H2,(H2,18,20,21);7-8H,4-6H2,1-3H3;7,11H,4-6H2,1-3H3;1H,(H,8,9,10,11);2H,1H3;5*1H4;1H. The Kier molecular flexibility index (Phi) is 41.9. The van der Waals surface area contributed by atoms with Gasteiger partial charge in [-0.15, -0.1) is 12.4 Å². The first-order chi connectivity index (χ1) is 66.6. The molecule has 0 saturated carbocycles. The van der Waals surface area contributed by atoms with Crippen LogP contribution in [0.15, 0.2) is 68.8 Å². The monoisotopic (exact) mass is 2140 g/mol. The molecule has 0 bridgehead atoms. The van der Waals surface area contributed by atoms with E-state index in [4.69, 9.17) is 128 Å². The van der Waals surface area contributed by atoms with Crippen LogP contribution in [0, 0.1) is 0 Å². The fourth-order valence-electron chi connectivity index (χ4n) is 15.7. The van der Waals surface area contributed by atoms with Gasteiger partial charge in [0, 0.05) is 139 Å². The average Bonchev–Trinajstić information content (AvgIpc) is 1.58. The first-order valence-corrected chi connectivity index (χ1v) is 47.1. The molecule has 54 heteroatoms. The summed E-state index contributed by atoms with van der Waals surface area (Å²) in [4.78, 5) is 161. The number of carbonyl (C=O) groups is 5. The minimum Gasteiger partial charge on any atom is -0.444 e. The summed E-state index contributed by atoms with van der Waals surface area (Å²) in [6.45, 7) is 35.5. The van der Waals surface area contributed by atoms with Crippen molar-refractivity contribution >= 4 is 187 Å². The Morgan fingerprint density at radius 2 is 0.719 bits per heavy atom. The van der Waals surface area contributed by atoms with Gasteiger partial charge >= 0.3 is 24.4 Å². The molecule has 146 heavy (non-hydrogen) atoms. The largest absolute Gasteiger partial charge is 0.444 e. The molecule has 5 atom stereocenters. The maximum Gasteiger partial charge on any atom is 0.410 e. The van der Waals surface area contributed by atoms with E-state index in [2.05, 4.69) is 109 Å². The van der Waals surface area contributed by atoms with Crippen LogP contribution in [0.3, 0.4) is 0 Å². The molecule has 48 nitrogen and oxygen atoms in total. The highest BCUT2D eigenvalue weighted by Crippen LogP contribution is 2.38. The van der Waals surface area contributed by atoms with Gasteiger partial charge in [-0.2, -0.15) is 24.9 Å². The van der Waals surface area contributed by atoms with Crippen LogP contribution < -0.4 is 32.3 Å². The lowest BCUT2D eigenvalue weighted by Gasteiger charge is -2.27. The number of halogens is 6. The van der Waals surface area contributed by atoms with Gasteiger partial charge in [0.1, 0.15) is 73.4 Å². The summed E-state index contributed by atoms with van der Waals surface area (Å²) < 4.78 is 40.5. The SMILES string of the molecule is C.C.C.C.C.CC(C)(C)OC(=O)N1CCC(O)C1.CC(C)(C)OC(=O)N1CCC(n2cnc3c(-c4cnc(N)nc4)nc(Cl)nc32)C1.CC(C)(C)OC(=O)N1CCC(n2cnc3c(-c4cnc(N)nc4)nc(N4CCOCC4)nc32)C1.CC(C)(C)OC(=O)N1CCC(n2cnc3c(Cl)nc(Cl)nc32)C1.CC=O.Cl.Clc1nc(Cl)c2[nH]cnc2n1.Nc1ncc(-c2nc(N3CCOCC3)nc3c2ncn3C2CCNC2)cn1. The Balaban J connectivity index is 0.000000217. The first kappa shape index (κ1) is 119. The molecule has 9 N–H and O–H groups in total. The summed E-state index contributed by atoms with van der Waals surface area (Å²) in [6, 6.07) is 0.432. The molecular weight excluding hydrogens is 2010 g/mol. The average molecular weight is 2150 g/mol. The topological polar surface area (TPSA) is 577 Å². The number of aliphatic hydroxyl groups is 1. The van der Waals surface area contributed by atoms with Crippen LogP contribution in [-0.4, -0.2) is 330 Å². The number of hydrogen-bond acceptors (Lipinski definition) is 39. The zero-order valence-corrected chi connectivity index (χ0v) is 84.5. The molecular formula is C92H132Cl6N36O12. The highest BCUT2D eigenvalue weighted by atomic mass is 35.5. The molecule has 20 rings (SSSR count). The van der Waals surface area contributed by atoms with Crippen molar-refractivity contribution in [2.24, 2.45) is 0 Å². The number of aldehydes is 1. The molecule has 0 aromatic carbocycles. The number of aliphatic hydroxyl groups excluding tert-OH is 1. The first-order valence-electron chi connectivity index (χ1n) is 45.2. The van der Waals surface area contributed by atoms with Crippen LogP contribution in [0.25, 0.3) is 89.6 Å². The zero-order chi connectivity index (χ0) is 100. The lowest BCUT2D eigenvalue weighted by atomic mass is 10.2. The van der Waals surface area contributed by atoms with Crippen LogP contribution in [0.1, 0.15) is 183 Å². The second-order valence-corrected chi connectivity index (χ2v) is 38.8. The Morgan fingerprint density at radius 3 is 1.07 bits per heavy atom. The quantitative estimate of drug-likeness (QED) is 0.0338. The Labute approximate surface area is 877 Å². The van der Waals surface area contributed by atoms with Gasteiger partial charge in [-0.25, -0.2) is 98.9 Å². The molecule has 20 heterocycles. The van der Waals surface area contributed by atoms with Crippen molar-refractivity contribution < 1.29 is 57.5 Å². The number of amides is 4. The summed E-state index contributed by atoms with van der Waals surface area (Å²) in [5.41, 5.74) is 25.2. The number of rotatable bonds is 9. The van der Waals surface area contributed by atoms with Gasteiger partial charge < -0.3 is 113 Å². The fourth-order valence-corrected chi connectivity index (χ4v) is 16.7. The highest BCUT2D eigenvalue weighted by Gasteiger charge is 2.38. The smallest absolute Gasteiger partial charge is 0.410 e. The van der Waals surface area contributed by atoms with Crippen molar-refractivity contribution in [1.82, 2.24) is 153 Å². The summed E-state index contributed by atoms with van der Waals surface area (Å²) in [6.07, 6.45) is 21.4. The number of nitrogens with zero attached hydrogens (tertiary/aromatic N) is 31. The molecule has 7 fully saturated rings. The van der Waals surface area contributed by atoms with Gasteiger partial charge in [0.2, 0.25) is 45.6 Å². The number of nitrogens with two attached hydrogens (primary N) is 3. The second kappa shape index (κ2) is 51.6. The van der Waals surface area contributed by atoms with Crippen molar-refractivity contribution in [2.75, 3.05) is 145 Å². The van der Waals surface area contributed by atoms with Crippen molar-refractivity contribution in [3.8, 4) is 33.8 Å². The third-order valence-corrected chi connectivity index (χ3v) is 23.1. The molecule has 13 aromatic rings. The molecule has 5 unspecified atom stereocenters. The van der Waals surface area contributed by atoms with E-state index in [-0.39, 0.29) is 142 Å². The Bertz CT molecular complexity index is 6500. The van der Waals surface area contributed by atoms with Crippen LogP contribution >= 0.6 is 70.4 Å².